The molecule has 1 amide bonds. The fraction of sp³-hybridized carbons (Fsp3) is 0.333. The zero-order valence-corrected chi connectivity index (χ0v) is 14.0. The van der Waals surface area contributed by atoms with Crippen LogP contribution in [0.15, 0.2) is 35.2 Å². The second kappa shape index (κ2) is 7.30. The van der Waals surface area contributed by atoms with Crippen LogP contribution < -0.4 is 10.1 Å². The standard InChI is InChI=1S/C18H19NO3S/c1-4-18(2,3)19-17(21)16-15(10-12-23-16)22-11-9-13-7-5-6-8-14(13)20/h1,5-7,10,12H,8-9,11H2,2-3H3,(H,19,21). The monoisotopic (exact) mass is 329 g/mol. The van der Waals surface area contributed by atoms with Crippen molar-refractivity contribution in [3.8, 4) is 18.1 Å². The van der Waals surface area contributed by atoms with Crippen LogP contribution in [0.1, 0.15) is 36.4 Å². The van der Waals surface area contributed by atoms with Crippen LogP contribution in [-0.2, 0) is 4.79 Å². The molecule has 1 aliphatic carbocycles. The van der Waals surface area contributed by atoms with Crippen LogP contribution in [-0.4, -0.2) is 23.8 Å². The van der Waals surface area contributed by atoms with Gasteiger partial charge in [-0.25, -0.2) is 0 Å². The van der Waals surface area contributed by atoms with Crippen molar-refractivity contribution in [2.24, 2.45) is 0 Å². The number of carbonyl (C=O) groups is 2. The summed E-state index contributed by atoms with van der Waals surface area (Å²) >= 11 is 1.30. The van der Waals surface area contributed by atoms with Crippen LogP contribution in [0.25, 0.3) is 0 Å². The van der Waals surface area contributed by atoms with E-state index in [4.69, 9.17) is 11.2 Å². The predicted octanol–water partition coefficient (Wildman–Crippen LogP) is 3.11. The maximum absolute atomic E-state index is 12.3. The summed E-state index contributed by atoms with van der Waals surface area (Å²) in [5, 5.41) is 4.57. The first-order chi connectivity index (χ1) is 10.9. The van der Waals surface area contributed by atoms with E-state index in [1.54, 1.807) is 25.3 Å². The molecule has 0 saturated carbocycles. The van der Waals surface area contributed by atoms with Crippen LogP contribution in [0.5, 0.6) is 5.75 Å². The van der Waals surface area contributed by atoms with E-state index in [0.717, 1.165) is 5.57 Å². The second-order valence-electron chi connectivity index (χ2n) is 5.68. The van der Waals surface area contributed by atoms with Gasteiger partial charge in [0.15, 0.2) is 5.78 Å². The molecule has 1 N–H and O–H groups in total. The third-order valence-electron chi connectivity index (χ3n) is 3.35. The largest absolute Gasteiger partial charge is 0.492 e. The van der Waals surface area contributed by atoms with E-state index < -0.39 is 5.54 Å². The Balaban J connectivity index is 1.95. The van der Waals surface area contributed by atoms with Crippen molar-refractivity contribution in [1.82, 2.24) is 5.32 Å². The fourth-order valence-electron chi connectivity index (χ4n) is 2.03. The zero-order chi connectivity index (χ0) is 16.9. The minimum Gasteiger partial charge on any atom is -0.492 e. The fourth-order valence-corrected chi connectivity index (χ4v) is 2.76. The highest BCUT2D eigenvalue weighted by molar-refractivity contribution is 7.12. The Morgan fingerprint density at radius 3 is 3.00 bits per heavy atom. The van der Waals surface area contributed by atoms with Gasteiger partial charge in [-0.15, -0.1) is 17.8 Å². The van der Waals surface area contributed by atoms with Crippen LogP contribution in [0.3, 0.4) is 0 Å². The molecule has 0 atom stereocenters. The van der Waals surface area contributed by atoms with Gasteiger partial charge in [-0.3, -0.25) is 9.59 Å². The van der Waals surface area contributed by atoms with E-state index in [9.17, 15) is 9.59 Å². The molecule has 0 fully saturated rings. The van der Waals surface area contributed by atoms with Gasteiger partial charge in [-0.1, -0.05) is 24.1 Å². The van der Waals surface area contributed by atoms with Crippen LogP contribution >= 0.6 is 11.3 Å². The Bertz CT molecular complexity index is 704. The first-order valence-electron chi connectivity index (χ1n) is 7.32. The van der Waals surface area contributed by atoms with E-state index >= 15 is 0 Å². The number of terminal acetylenes is 1. The minimum atomic E-state index is -0.718. The minimum absolute atomic E-state index is 0.121. The molecule has 23 heavy (non-hydrogen) atoms. The van der Waals surface area contributed by atoms with Crippen LogP contribution in [0, 0.1) is 12.3 Å². The molecular formula is C18H19NO3S. The number of ketones is 1. The molecule has 0 bridgehead atoms. The second-order valence-corrected chi connectivity index (χ2v) is 6.60. The normalized spacial score (nSPS) is 14.1. The molecule has 1 aromatic rings. The van der Waals surface area contributed by atoms with E-state index in [0.29, 0.717) is 30.1 Å². The number of carbonyl (C=O) groups excluding carboxylic acids is 2. The van der Waals surface area contributed by atoms with Gasteiger partial charge in [0, 0.05) is 12.8 Å². The predicted molar refractivity (Wildman–Crippen MR) is 91.7 cm³/mol. The highest BCUT2D eigenvalue weighted by Crippen LogP contribution is 2.26. The van der Waals surface area contributed by atoms with Gasteiger partial charge in [0.2, 0.25) is 0 Å². The molecule has 1 aliphatic rings. The average molecular weight is 329 g/mol. The lowest BCUT2D eigenvalue weighted by Gasteiger charge is -2.19. The van der Waals surface area contributed by atoms with Crippen molar-refractivity contribution in [3.63, 3.8) is 0 Å². The van der Waals surface area contributed by atoms with E-state index in [2.05, 4.69) is 11.2 Å². The van der Waals surface area contributed by atoms with Crippen LogP contribution in [0.2, 0.25) is 0 Å². The van der Waals surface area contributed by atoms with Crippen molar-refractivity contribution >= 4 is 23.0 Å². The van der Waals surface area contributed by atoms with E-state index in [1.165, 1.54) is 11.3 Å². The number of amides is 1. The maximum atomic E-state index is 12.3. The summed E-state index contributed by atoms with van der Waals surface area (Å²) < 4.78 is 5.68. The van der Waals surface area contributed by atoms with Gasteiger partial charge in [-0.2, -0.15) is 0 Å². The summed E-state index contributed by atoms with van der Waals surface area (Å²) in [5.41, 5.74) is 0.0338. The molecule has 120 valence electrons. The number of rotatable bonds is 6. The molecule has 1 aromatic heterocycles. The van der Waals surface area contributed by atoms with Crippen molar-refractivity contribution in [2.75, 3.05) is 6.61 Å². The molecule has 0 unspecified atom stereocenters. The summed E-state index contributed by atoms with van der Waals surface area (Å²) in [6.07, 6.45) is 11.9. The Morgan fingerprint density at radius 2 is 2.30 bits per heavy atom. The Labute approximate surface area is 140 Å². The zero-order valence-electron chi connectivity index (χ0n) is 13.2. The molecule has 4 nitrogen and oxygen atoms in total. The molecule has 5 heteroatoms. The summed E-state index contributed by atoms with van der Waals surface area (Å²) in [6, 6.07) is 1.75. The summed E-state index contributed by atoms with van der Waals surface area (Å²) in [5.74, 6) is 2.90. The van der Waals surface area contributed by atoms with Crippen molar-refractivity contribution < 1.29 is 14.3 Å². The molecule has 2 rings (SSSR count). The number of hydrogen-bond acceptors (Lipinski definition) is 4. The number of nitrogens with one attached hydrogen (secondary N) is 1. The highest BCUT2D eigenvalue weighted by Gasteiger charge is 2.22. The molecular weight excluding hydrogens is 310 g/mol. The first kappa shape index (κ1) is 17.0. The first-order valence-corrected chi connectivity index (χ1v) is 8.20. The van der Waals surface area contributed by atoms with Crippen molar-refractivity contribution in [1.29, 1.82) is 0 Å². The SMILES string of the molecule is C#CC(C)(C)NC(=O)c1sccc1OCCC1=CC=CCC1=O. The number of ether oxygens (including phenoxy) is 1. The quantitative estimate of drug-likeness (QED) is 0.816. The van der Waals surface area contributed by atoms with Gasteiger partial charge >= 0.3 is 0 Å². The number of thiophene rings is 1. The summed E-state index contributed by atoms with van der Waals surface area (Å²) in [4.78, 5) is 24.4. The third-order valence-corrected chi connectivity index (χ3v) is 4.24. The van der Waals surface area contributed by atoms with Gasteiger partial charge in [0.05, 0.1) is 12.1 Å². The summed E-state index contributed by atoms with van der Waals surface area (Å²) in [6.45, 7) is 3.86. The van der Waals surface area contributed by atoms with Gasteiger partial charge in [-0.05, 0) is 30.9 Å². The average Bonchev–Trinajstić information content (AvgIpc) is 2.97. The molecule has 1 heterocycles. The smallest absolute Gasteiger partial charge is 0.266 e. The van der Waals surface area contributed by atoms with Gasteiger partial charge in [0.1, 0.15) is 10.6 Å². The topological polar surface area (TPSA) is 55.4 Å². The maximum Gasteiger partial charge on any atom is 0.266 e. The molecule has 0 spiro atoms. The van der Waals surface area contributed by atoms with E-state index in [1.807, 2.05) is 18.2 Å². The molecule has 0 radical (unpaired) electrons. The lowest BCUT2D eigenvalue weighted by atomic mass is 10.0. The van der Waals surface area contributed by atoms with Crippen LogP contribution in [0.4, 0.5) is 0 Å². The van der Waals surface area contributed by atoms with Gasteiger partial charge < -0.3 is 10.1 Å². The lowest BCUT2D eigenvalue weighted by molar-refractivity contribution is -0.115. The van der Waals surface area contributed by atoms with Crippen molar-refractivity contribution in [3.05, 3.63) is 40.1 Å². The number of hydrogen-bond donors (Lipinski definition) is 1. The lowest BCUT2D eigenvalue weighted by Crippen LogP contribution is -2.41. The number of Topliss-reactive ketones (excluding diaryl/α,β-unsaturated/α-hetero) is 1. The Morgan fingerprint density at radius 1 is 1.52 bits per heavy atom. The molecule has 0 saturated heterocycles. The molecule has 0 aliphatic heterocycles. The third kappa shape index (κ3) is 4.57. The Kier molecular flexibility index (Phi) is 5.41. The molecule has 0 aromatic carbocycles. The highest BCUT2D eigenvalue weighted by atomic mass is 32.1. The number of allylic oxidation sites excluding steroid dienone is 3. The van der Waals surface area contributed by atoms with Crippen molar-refractivity contribution in [2.45, 2.75) is 32.2 Å². The van der Waals surface area contributed by atoms with Gasteiger partial charge in [0.25, 0.3) is 5.91 Å². The van der Waals surface area contributed by atoms with E-state index in [-0.39, 0.29) is 11.7 Å². The summed E-state index contributed by atoms with van der Waals surface area (Å²) in [7, 11) is 0. The Hall–Kier alpha value is -2.32.